The van der Waals surface area contributed by atoms with Crippen LogP contribution in [0.1, 0.15) is 39.0 Å². The van der Waals surface area contributed by atoms with Gasteiger partial charge in [-0.1, -0.05) is 6.92 Å². The molecule has 0 heterocycles. The number of carbonyl (C=O) groups is 1. The fraction of sp³-hybridized carbons (Fsp3) is 0.917. The van der Waals surface area contributed by atoms with E-state index >= 15 is 0 Å². The summed E-state index contributed by atoms with van der Waals surface area (Å²) >= 11 is 0. The van der Waals surface area contributed by atoms with Gasteiger partial charge in [0.1, 0.15) is 0 Å². The van der Waals surface area contributed by atoms with Crippen LogP contribution in [0.5, 0.6) is 0 Å². The molecule has 1 amide bonds. The van der Waals surface area contributed by atoms with Gasteiger partial charge in [0.2, 0.25) is 5.91 Å². The van der Waals surface area contributed by atoms with Crippen LogP contribution in [-0.4, -0.2) is 24.2 Å². The number of aliphatic hydroxyl groups excluding tert-OH is 1. The zero-order valence-electron chi connectivity index (χ0n) is 9.46. The Bertz CT molecular complexity index is 244. The van der Waals surface area contributed by atoms with E-state index in [2.05, 4.69) is 5.32 Å². The van der Waals surface area contributed by atoms with E-state index in [1.54, 1.807) is 0 Å². The standard InChI is InChI=1S/C12H21NO2/c1-9(10-2-3-10)11(15)13-8-12(4-5-12)6-7-14/h9-10,14H,2-8H2,1H3,(H,13,15). The maximum absolute atomic E-state index is 11.7. The normalized spacial score (nSPS) is 24.7. The number of carbonyl (C=O) groups excluding carboxylic acids is 1. The van der Waals surface area contributed by atoms with Gasteiger partial charge in [-0.15, -0.1) is 0 Å². The second-order valence-electron chi connectivity index (χ2n) is 5.32. The van der Waals surface area contributed by atoms with Crippen LogP contribution in [-0.2, 0) is 4.79 Å². The highest BCUT2D eigenvalue weighted by Gasteiger charge is 2.42. The lowest BCUT2D eigenvalue weighted by atomic mass is 10.0. The topological polar surface area (TPSA) is 49.3 Å². The molecule has 86 valence electrons. The highest BCUT2D eigenvalue weighted by atomic mass is 16.3. The molecule has 0 aromatic rings. The summed E-state index contributed by atoms with van der Waals surface area (Å²) in [4.78, 5) is 11.7. The van der Waals surface area contributed by atoms with E-state index in [0.29, 0.717) is 5.92 Å². The minimum Gasteiger partial charge on any atom is -0.396 e. The summed E-state index contributed by atoms with van der Waals surface area (Å²) in [7, 11) is 0. The van der Waals surface area contributed by atoms with Gasteiger partial charge in [0, 0.05) is 19.1 Å². The first-order valence-electron chi connectivity index (χ1n) is 6.05. The van der Waals surface area contributed by atoms with Crippen molar-refractivity contribution in [2.45, 2.75) is 39.0 Å². The largest absolute Gasteiger partial charge is 0.396 e. The Labute approximate surface area is 91.2 Å². The molecule has 0 aliphatic heterocycles. The van der Waals surface area contributed by atoms with E-state index in [1.165, 1.54) is 12.8 Å². The van der Waals surface area contributed by atoms with Crippen molar-refractivity contribution in [2.75, 3.05) is 13.2 Å². The molecule has 2 rings (SSSR count). The van der Waals surface area contributed by atoms with Gasteiger partial charge in [-0.2, -0.15) is 0 Å². The van der Waals surface area contributed by atoms with E-state index in [0.717, 1.165) is 25.8 Å². The highest BCUT2D eigenvalue weighted by Crippen LogP contribution is 2.48. The first kappa shape index (κ1) is 10.9. The average Bonchev–Trinajstić information content (AvgIpc) is 3.08. The summed E-state index contributed by atoms with van der Waals surface area (Å²) in [5.41, 5.74) is 0.244. The second-order valence-corrected chi connectivity index (χ2v) is 5.32. The summed E-state index contributed by atoms with van der Waals surface area (Å²) in [6.07, 6.45) is 5.59. The minimum atomic E-state index is 0.190. The Morgan fingerprint density at radius 2 is 2.20 bits per heavy atom. The number of amides is 1. The molecular formula is C12H21NO2. The summed E-state index contributed by atoms with van der Waals surface area (Å²) in [6.45, 7) is 3.04. The summed E-state index contributed by atoms with van der Waals surface area (Å²) in [6, 6.07) is 0. The lowest BCUT2D eigenvalue weighted by Gasteiger charge is -2.17. The fourth-order valence-electron chi connectivity index (χ4n) is 2.18. The maximum Gasteiger partial charge on any atom is 0.223 e. The summed E-state index contributed by atoms with van der Waals surface area (Å²) in [5, 5.41) is 11.9. The van der Waals surface area contributed by atoms with Gasteiger partial charge in [0.05, 0.1) is 0 Å². The van der Waals surface area contributed by atoms with Gasteiger partial charge < -0.3 is 10.4 Å². The van der Waals surface area contributed by atoms with Crippen molar-refractivity contribution in [3.05, 3.63) is 0 Å². The second kappa shape index (κ2) is 4.12. The molecule has 2 saturated carbocycles. The molecule has 0 radical (unpaired) electrons. The third-order valence-electron chi connectivity index (χ3n) is 3.98. The molecule has 0 bridgehead atoms. The Balaban J connectivity index is 1.70. The lowest BCUT2D eigenvalue weighted by Crippen LogP contribution is -2.35. The third-order valence-corrected chi connectivity index (χ3v) is 3.98. The molecule has 2 N–H and O–H groups in total. The minimum absolute atomic E-state index is 0.190. The third kappa shape index (κ3) is 2.71. The highest BCUT2D eigenvalue weighted by molar-refractivity contribution is 5.78. The van der Waals surface area contributed by atoms with Crippen molar-refractivity contribution in [1.29, 1.82) is 0 Å². The van der Waals surface area contributed by atoms with Crippen molar-refractivity contribution < 1.29 is 9.90 Å². The number of hydrogen-bond donors (Lipinski definition) is 2. The van der Waals surface area contributed by atoms with Gasteiger partial charge in [0.15, 0.2) is 0 Å². The van der Waals surface area contributed by atoms with Gasteiger partial charge in [-0.05, 0) is 43.4 Å². The SMILES string of the molecule is CC(C(=O)NCC1(CCO)CC1)C1CC1. The molecule has 3 nitrogen and oxygen atoms in total. The van der Waals surface area contributed by atoms with Crippen molar-refractivity contribution in [3.8, 4) is 0 Å². The van der Waals surface area contributed by atoms with E-state index < -0.39 is 0 Å². The van der Waals surface area contributed by atoms with Gasteiger partial charge >= 0.3 is 0 Å². The monoisotopic (exact) mass is 211 g/mol. The summed E-state index contributed by atoms with van der Waals surface area (Å²) < 4.78 is 0. The summed E-state index contributed by atoms with van der Waals surface area (Å²) in [5.74, 6) is 1.04. The van der Waals surface area contributed by atoms with E-state index in [4.69, 9.17) is 5.11 Å². The number of hydrogen-bond acceptors (Lipinski definition) is 2. The Hall–Kier alpha value is -0.570. The Kier molecular flexibility index (Phi) is 3.01. The van der Waals surface area contributed by atoms with E-state index in [9.17, 15) is 4.79 Å². The molecular weight excluding hydrogens is 190 g/mol. The smallest absolute Gasteiger partial charge is 0.223 e. The van der Waals surface area contributed by atoms with Crippen molar-refractivity contribution >= 4 is 5.91 Å². The lowest BCUT2D eigenvalue weighted by molar-refractivity contribution is -0.125. The van der Waals surface area contributed by atoms with Gasteiger partial charge in [0.25, 0.3) is 0 Å². The van der Waals surface area contributed by atoms with Gasteiger partial charge in [-0.3, -0.25) is 4.79 Å². The van der Waals surface area contributed by atoms with Crippen LogP contribution in [0, 0.1) is 17.3 Å². The molecule has 2 aliphatic rings. The van der Waals surface area contributed by atoms with Crippen LogP contribution in [0.2, 0.25) is 0 Å². The Morgan fingerprint density at radius 3 is 2.67 bits per heavy atom. The van der Waals surface area contributed by atoms with Crippen molar-refractivity contribution in [2.24, 2.45) is 17.3 Å². The number of rotatable bonds is 6. The van der Waals surface area contributed by atoms with Crippen LogP contribution in [0.25, 0.3) is 0 Å². The fourth-order valence-corrected chi connectivity index (χ4v) is 2.18. The number of aliphatic hydroxyl groups is 1. The molecule has 3 heteroatoms. The molecule has 0 aromatic heterocycles. The zero-order valence-corrected chi connectivity index (χ0v) is 9.46. The molecule has 15 heavy (non-hydrogen) atoms. The number of nitrogens with one attached hydrogen (secondary N) is 1. The quantitative estimate of drug-likeness (QED) is 0.696. The van der Waals surface area contributed by atoms with Gasteiger partial charge in [-0.25, -0.2) is 0 Å². The van der Waals surface area contributed by atoms with Crippen molar-refractivity contribution in [1.82, 2.24) is 5.32 Å². The first-order valence-corrected chi connectivity index (χ1v) is 6.05. The molecule has 0 spiro atoms. The molecule has 2 aliphatic carbocycles. The first-order chi connectivity index (χ1) is 7.17. The molecule has 1 atom stereocenters. The molecule has 1 unspecified atom stereocenters. The Morgan fingerprint density at radius 1 is 1.53 bits per heavy atom. The van der Waals surface area contributed by atoms with E-state index in [1.807, 2.05) is 6.92 Å². The predicted molar refractivity (Wildman–Crippen MR) is 58.3 cm³/mol. The van der Waals surface area contributed by atoms with Crippen LogP contribution in [0.15, 0.2) is 0 Å². The van der Waals surface area contributed by atoms with Crippen LogP contribution in [0.4, 0.5) is 0 Å². The van der Waals surface area contributed by atoms with E-state index in [-0.39, 0.29) is 23.8 Å². The molecule has 0 aromatic carbocycles. The maximum atomic E-state index is 11.7. The van der Waals surface area contributed by atoms with Crippen LogP contribution < -0.4 is 5.32 Å². The predicted octanol–water partition coefficient (Wildman–Crippen LogP) is 1.31. The molecule has 0 saturated heterocycles. The zero-order chi connectivity index (χ0) is 10.9. The molecule has 2 fully saturated rings. The average molecular weight is 211 g/mol. The van der Waals surface area contributed by atoms with Crippen LogP contribution in [0.3, 0.4) is 0 Å². The van der Waals surface area contributed by atoms with Crippen molar-refractivity contribution in [3.63, 3.8) is 0 Å². The van der Waals surface area contributed by atoms with Crippen LogP contribution >= 0.6 is 0 Å².